The average molecular weight is 249 g/mol. The van der Waals surface area contributed by atoms with E-state index >= 15 is 0 Å². The van der Waals surface area contributed by atoms with E-state index in [0.717, 1.165) is 12.8 Å². The predicted octanol–water partition coefficient (Wildman–Crippen LogP) is 0.444. The molecule has 0 saturated heterocycles. The summed E-state index contributed by atoms with van der Waals surface area (Å²) in [6, 6.07) is 5.19. The molecule has 1 fully saturated rings. The van der Waals surface area contributed by atoms with Crippen LogP contribution in [-0.2, 0) is 0 Å². The molecule has 1 amide bonds. The Bertz CT molecular complexity index is 410. The monoisotopic (exact) mass is 249 g/mol. The van der Waals surface area contributed by atoms with Crippen LogP contribution < -0.4 is 11.1 Å². The first-order valence-electron chi connectivity index (χ1n) is 6.27. The molecule has 0 aliphatic heterocycles. The van der Waals surface area contributed by atoms with Crippen molar-refractivity contribution >= 4 is 5.91 Å². The number of nitrogens with two attached hydrogens (primary N) is 1. The van der Waals surface area contributed by atoms with Crippen molar-refractivity contribution < 1.29 is 9.90 Å². The quantitative estimate of drug-likeness (QED) is 0.725. The molecule has 2 unspecified atom stereocenters. The van der Waals surface area contributed by atoms with E-state index in [1.165, 1.54) is 0 Å². The van der Waals surface area contributed by atoms with Crippen LogP contribution >= 0.6 is 0 Å². The number of nitrogens with zero attached hydrogens (tertiary/aromatic N) is 1. The highest BCUT2D eigenvalue weighted by Crippen LogP contribution is 2.27. The number of pyridine rings is 1. The third-order valence-electron chi connectivity index (χ3n) is 3.43. The third kappa shape index (κ3) is 3.05. The summed E-state index contributed by atoms with van der Waals surface area (Å²) in [5.41, 5.74) is 5.14. The lowest BCUT2D eigenvalue weighted by atomic mass is 9.82. The summed E-state index contributed by atoms with van der Waals surface area (Å²) in [6.07, 6.45) is 4.56. The second-order valence-electron chi connectivity index (χ2n) is 4.91. The topological polar surface area (TPSA) is 88.2 Å². The zero-order valence-electron chi connectivity index (χ0n) is 10.3. The zero-order chi connectivity index (χ0) is 13.0. The van der Waals surface area contributed by atoms with Crippen LogP contribution in [0.1, 0.15) is 36.2 Å². The van der Waals surface area contributed by atoms with Crippen LogP contribution in [-0.4, -0.2) is 34.2 Å². The molecule has 98 valence electrons. The van der Waals surface area contributed by atoms with E-state index in [9.17, 15) is 9.90 Å². The summed E-state index contributed by atoms with van der Waals surface area (Å²) in [4.78, 5) is 15.9. The van der Waals surface area contributed by atoms with E-state index in [2.05, 4.69) is 10.3 Å². The predicted molar refractivity (Wildman–Crippen MR) is 68.0 cm³/mol. The Morgan fingerprint density at radius 1 is 1.61 bits per heavy atom. The smallest absolute Gasteiger partial charge is 0.270 e. The molecule has 0 bridgehead atoms. The highest BCUT2D eigenvalue weighted by Gasteiger charge is 2.33. The second kappa shape index (κ2) is 5.46. The fourth-order valence-electron chi connectivity index (χ4n) is 2.41. The van der Waals surface area contributed by atoms with Gasteiger partial charge in [0.1, 0.15) is 5.69 Å². The van der Waals surface area contributed by atoms with Crippen LogP contribution in [0, 0.1) is 0 Å². The van der Waals surface area contributed by atoms with Gasteiger partial charge in [-0.2, -0.15) is 0 Å². The first-order valence-corrected chi connectivity index (χ1v) is 6.27. The van der Waals surface area contributed by atoms with Gasteiger partial charge in [-0.1, -0.05) is 6.07 Å². The number of nitrogens with one attached hydrogen (secondary N) is 1. The number of carbonyl (C=O) groups is 1. The summed E-state index contributed by atoms with van der Waals surface area (Å²) in [6.45, 7) is 0.239. The van der Waals surface area contributed by atoms with E-state index < -0.39 is 5.60 Å². The van der Waals surface area contributed by atoms with E-state index in [0.29, 0.717) is 18.5 Å². The van der Waals surface area contributed by atoms with Gasteiger partial charge in [0.2, 0.25) is 0 Å². The van der Waals surface area contributed by atoms with Crippen molar-refractivity contribution in [1.29, 1.82) is 0 Å². The number of hydrogen-bond donors (Lipinski definition) is 3. The summed E-state index contributed by atoms with van der Waals surface area (Å²) in [5.74, 6) is -0.193. The molecular formula is C13H19N3O2. The van der Waals surface area contributed by atoms with Gasteiger partial charge in [0.15, 0.2) is 0 Å². The Morgan fingerprint density at radius 3 is 3.11 bits per heavy atom. The highest BCUT2D eigenvalue weighted by atomic mass is 16.3. The molecular weight excluding hydrogens is 230 g/mol. The Kier molecular flexibility index (Phi) is 3.93. The SMILES string of the molecule is NCC1(O)CCCC(NC(=O)c2ccccn2)C1. The van der Waals surface area contributed by atoms with Crippen LogP contribution in [0.15, 0.2) is 24.4 Å². The first kappa shape index (κ1) is 13.0. The molecule has 1 aliphatic carbocycles. The number of aliphatic hydroxyl groups is 1. The lowest BCUT2D eigenvalue weighted by Gasteiger charge is -2.36. The van der Waals surface area contributed by atoms with Gasteiger partial charge in [-0.3, -0.25) is 9.78 Å². The Morgan fingerprint density at radius 2 is 2.44 bits per heavy atom. The summed E-state index contributed by atoms with van der Waals surface area (Å²) in [5, 5.41) is 13.0. The summed E-state index contributed by atoms with van der Waals surface area (Å²) < 4.78 is 0. The van der Waals surface area contributed by atoms with Gasteiger partial charge in [-0.05, 0) is 37.8 Å². The number of amides is 1. The van der Waals surface area contributed by atoms with Gasteiger partial charge in [0.25, 0.3) is 5.91 Å². The molecule has 1 aliphatic rings. The van der Waals surface area contributed by atoms with Gasteiger partial charge in [-0.25, -0.2) is 0 Å². The Balaban J connectivity index is 1.96. The summed E-state index contributed by atoms with van der Waals surface area (Å²) >= 11 is 0. The molecule has 1 heterocycles. The molecule has 4 N–H and O–H groups in total. The van der Waals surface area contributed by atoms with Crippen LogP contribution in [0.2, 0.25) is 0 Å². The average Bonchev–Trinajstić information content (AvgIpc) is 2.40. The maximum atomic E-state index is 11.9. The van der Waals surface area contributed by atoms with E-state index in [-0.39, 0.29) is 18.5 Å². The largest absolute Gasteiger partial charge is 0.388 e. The highest BCUT2D eigenvalue weighted by molar-refractivity contribution is 5.92. The lowest BCUT2D eigenvalue weighted by molar-refractivity contribution is 0.00153. The number of carbonyl (C=O) groups excluding carboxylic acids is 1. The first-order chi connectivity index (χ1) is 8.63. The van der Waals surface area contributed by atoms with E-state index in [1.54, 1.807) is 24.4 Å². The van der Waals surface area contributed by atoms with Gasteiger partial charge in [0, 0.05) is 18.8 Å². The van der Waals surface area contributed by atoms with Gasteiger partial charge in [0.05, 0.1) is 5.60 Å². The van der Waals surface area contributed by atoms with Crippen molar-refractivity contribution in [2.75, 3.05) is 6.54 Å². The fraction of sp³-hybridized carbons (Fsp3) is 0.538. The zero-order valence-corrected chi connectivity index (χ0v) is 10.3. The lowest BCUT2D eigenvalue weighted by Crippen LogP contribution is -2.49. The van der Waals surface area contributed by atoms with Gasteiger partial charge in [-0.15, -0.1) is 0 Å². The molecule has 5 nitrogen and oxygen atoms in total. The molecule has 2 rings (SSSR count). The molecule has 0 aromatic carbocycles. The molecule has 1 aromatic rings. The Hall–Kier alpha value is -1.46. The van der Waals surface area contributed by atoms with E-state index in [1.807, 2.05) is 0 Å². The van der Waals surface area contributed by atoms with Crippen molar-refractivity contribution in [2.24, 2.45) is 5.73 Å². The molecule has 2 atom stereocenters. The summed E-state index contributed by atoms with van der Waals surface area (Å²) in [7, 11) is 0. The molecule has 18 heavy (non-hydrogen) atoms. The number of rotatable bonds is 3. The van der Waals surface area contributed by atoms with Crippen molar-refractivity contribution in [3.8, 4) is 0 Å². The third-order valence-corrected chi connectivity index (χ3v) is 3.43. The number of hydrogen-bond acceptors (Lipinski definition) is 4. The normalized spacial score (nSPS) is 27.8. The minimum absolute atomic E-state index is 0.0261. The fourth-order valence-corrected chi connectivity index (χ4v) is 2.41. The van der Waals surface area contributed by atoms with Crippen LogP contribution in [0.25, 0.3) is 0 Å². The molecule has 5 heteroatoms. The van der Waals surface area contributed by atoms with Crippen molar-refractivity contribution in [3.63, 3.8) is 0 Å². The van der Waals surface area contributed by atoms with Crippen LogP contribution in [0.4, 0.5) is 0 Å². The molecule has 0 spiro atoms. The molecule has 1 saturated carbocycles. The number of aromatic nitrogens is 1. The maximum Gasteiger partial charge on any atom is 0.270 e. The van der Waals surface area contributed by atoms with Crippen molar-refractivity contribution in [2.45, 2.75) is 37.3 Å². The van der Waals surface area contributed by atoms with Crippen LogP contribution in [0.3, 0.4) is 0 Å². The van der Waals surface area contributed by atoms with Crippen LogP contribution in [0.5, 0.6) is 0 Å². The molecule has 0 radical (unpaired) electrons. The Labute approximate surface area is 106 Å². The van der Waals surface area contributed by atoms with Crippen molar-refractivity contribution in [3.05, 3.63) is 30.1 Å². The van der Waals surface area contributed by atoms with Gasteiger partial charge >= 0.3 is 0 Å². The van der Waals surface area contributed by atoms with Crippen molar-refractivity contribution in [1.82, 2.24) is 10.3 Å². The standard InChI is InChI=1S/C13H19N3O2/c14-9-13(18)6-3-4-10(8-13)16-12(17)11-5-1-2-7-15-11/h1-2,5,7,10,18H,3-4,6,8-9,14H2,(H,16,17). The van der Waals surface area contributed by atoms with E-state index in [4.69, 9.17) is 5.73 Å². The maximum absolute atomic E-state index is 11.9. The minimum Gasteiger partial charge on any atom is -0.388 e. The minimum atomic E-state index is -0.833. The van der Waals surface area contributed by atoms with Gasteiger partial charge < -0.3 is 16.2 Å². The molecule has 1 aromatic heterocycles. The second-order valence-corrected chi connectivity index (χ2v) is 4.91.